The van der Waals surface area contributed by atoms with Crippen LogP contribution in [0.25, 0.3) is 0 Å². The number of rotatable bonds is 4. The van der Waals surface area contributed by atoms with Gasteiger partial charge in [-0.3, -0.25) is 0 Å². The van der Waals surface area contributed by atoms with E-state index in [9.17, 15) is 0 Å². The van der Waals surface area contributed by atoms with Crippen molar-refractivity contribution in [2.24, 2.45) is 0 Å². The smallest absolute Gasteiger partial charge is 0.0409 e. The first-order chi connectivity index (χ1) is 11.6. The standard InChI is InChI=1S/C22H28N2/c1-14(2)18-8-7-16(22-20(18)9-10-24-22)11-15(3)19-6-4-5-17-12-23-13-21(17)19/h4-8,14-15,23-24H,9-13H2,1-3H3. The van der Waals surface area contributed by atoms with Crippen LogP contribution in [0.15, 0.2) is 30.3 Å². The molecule has 0 aliphatic carbocycles. The summed E-state index contributed by atoms with van der Waals surface area (Å²) in [6.45, 7) is 10.1. The summed E-state index contributed by atoms with van der Waals surface area (Å²) < 4.78 is 0. The number of hydrogen-bond donors (Lipinski definition) is 2. The molecule has 2 heterocycles. The van der Waals surface area contributed by atoms with Gasteiger partial charge in [0.1, 0.15) is 0 Å². The highest BCUT2D eigenvalue weighted by molar-refractivity contribution is 5.65. The van der Waals surface area contributed by atoms with Gasteiger partial charge in [-0.05, 0) is 58.1 Å². The summed E-state index contributed by atoms with van der Waals surface area (Å²) in [6, 6.07) is 11.6. The van der Waals surface area contributed by atoms with Gasteiger partial charge in [0.15, 0.2) is 0 Å². The molecule has 0 fully saturated rings. The molecule has 2 aliphatic heterocycles. The Morgan fingerprint density at radius 2 is 1.83 bits per heavy atom. The van der Waals surface area contributed by atoms with Crippen molar-refractivity contribution < 1.29 is 0 Å². The summed E-state index contributed by atoms with van der Waals surface area (Å²) in [5.74, 6) is 1.16. The van der Waals surface area contributed by atoms with Crippen molar-refractivity contribution in [3.8, 4) is 0 Å². The highest BCUT2D eigenvalue weighted by atomic mass is 14.9. The van der Waals surface area contributed by atoms with E-state index in [1.54, 1.807) is 5.56 Å². The van der Waals surface area contributed by atoms with Gasteiger partial charge in [-0.15, -0.1) is 0 Å². The molecule has 0 amide bonds. The quantitative estimate of drug-likeness (QED) is 0.851. The van der Waals surface area contributed by atoms with Crippen LogP contribution >= 0.6 is 0 Å². The molecule has 2 N–H and O–H groups in total. The molecule has 2 aromatic rings. The first-order valence-electron chi connectivity index (χ1n) is 9.35. The molecule has 0 saturated heterocycles. The molecule has 0 radical (unpaired) electrons. The first-order valence-corrected chi connectivity index (χ1v) is 9.35. The van der Waals surface area contributed by atoms with Gasteiger partial charge in [0.25, 0.3) is 0 Å². The van der Waals surface area contributed by atoms with Crippen molar-refractivity contribution in [1.82, 2.24) is 5.32 Å². The fraction of sp³-hybridized carbons (Fsp3) is 0.455. The van der Waals surface area contributed by atoms with E-state index in [1.807, 2.05) is 0 Å². The van der Waals surface area contributed by atoms with Crippen LogP contribution in [-0.4, -0.2) is 6.54 Å². The SMILES string of the molecule is CC(C)c1ccc(CC(C)c2cccc3c2CNC3)c2c1CCN2. The Morgan fingerprint density at radius 1 is 0.958 bits per heavy atom. The van der Waals surface area contributed by atoms with Crippen LogP contribution in [0, 0.1) is 0 Å². The molecule has 0 spiro atoms. The number of anilines is 1. The van der Waals surface area contributed by atoms with Crippen molar-refractivity contribution in [3.63, 3.8) is 0 Å². The maximum Gasteiger partial charge on any atom is 0.0409 e. The van der Waals surface area contributed by atoms with E-state index < -0.39 is 0 Å². The molecule has 0 saturated carbocycles. The van der Waals surface area contributed by atoms with Crippen LogP contribution in [0.1, 0.15) is 66.0 Å². The second kappa shape index (κ2) is 6.25. The Kier molecular flexibility index (Phi) is 4.09. The fourth-order valence-corrected chi connectivity index (χ4v) is 4.48. The van der Waals surface area contributed by atoms with Gasteiger partial charge in [-0.1, -0.05) is 51.1 Å². The lowest BCUT2D eigenvalue weighted by atomic mass is 9.86. The van der Waals surface area contributed by atoms with Crippen LogP contribution < -0.4 is 10.6 Å². The van der Waals surface area contributed by atoms with Crippen LogP contribution in [0.5, 0.6) is 0 Å². The second-order valence-corrected chi connectivity index (χ2v) is 7.69. The summed E-state index contributed by atoms with van der Waals surface area (Å²) in [5, 5.41) is 7.16. The lowest BCUT2D eigenvalue weighted by molar-refractivity contribution is 0.729. The topological polar surface area (TPSA) is 24.1 Å². The molecule has 0 bridgehead atoms. The number of benzene rings is 2. The minimum absolute atomic E-state index is 0.552. The average molecular weight is 320 g/mol. The normalized spacial score (nSPS) is 16.8. The Hall–Kier alpha value is -1.80. The monoisotopic (exact) mass is 320 g/mol. The van der Waals surface area contributed by atoms with Crippen molar-refractivity contribution in [2.75, 3.05) is 11.9 Å². The molecule has 24 heavy (non-hydrogen) atoms. The molecular weight excluding hydrogens is 292 g/mol. The summed E-state index contributed by atoms with van der Waals surface area (Å²) in [6.07, 6.45) is 2.29. The molecule has 1 unspecified atom stereocenters. The van der Waals surface area contributed by atoms with E-state index >= 15 is 0 Å². The van der Waals surface area contributed by atoms with Gasteiger partial charge in [-0.25, -0.2) is 0 Å². The molecule has 2 aliphatic rings. The lowest BCUT2D eigenvalue weighted by Gasteiger charge is -2.20. The minimum atomic E-state index is 0.552. The summed E-state index contributed by atoms with van der Waals surface area (Å²) in [4.78, 5) is 0. The van der Waals surface area contributed by atoms with E-state index in [4.69, 9.17) is 0 Å². The van der Waals surface area contributed by atoms with Crippen molar-refractivity contribution in [3.05, 3.63) is 63.7 Å². The van der Waals surface area contributed by atoms with E-state index in [2.05, 4.69) is 61.7 Å². The van der Waals surface area contributed by atoms with Crippen LogP contribution in [0.3, 0.4) is 0 Å². The zero-order valence-electron chi connectivity index (χ0n) is 15.1. The molecule has 2 nitrogen and oxygen atoms in total. The predicted octanol–water partition coefficient (Wildman–Crippen LogP) is 4.73. The number of hydrogen-bond acceptors (Lipinski definition) is 2. The molecule has 2 aromatic carbocycles. The van der Waals surface area contributed by atoms with Gasteiger partial charge in [-0.2, -0.15) is 0 Å². The second-order valence-electron chi connectivity index (χ2n) is 7.69. The largest absolute Gasteiger partial charge is 0.384 e. The Bertz CT molecular complexity index is 761. The maximum atomic E-state index is 3.66. The number of nitrogens with one attached hydrogen (secondary N) is 2. The van der Waals surface area contributed by atoms with Crippen molar-refractivity contribution >= 4 is 5.69 Å². The van der Waals surface area contributed by atoms with E-state index in [0.29, 0.717) is 11.8 Å². The molecular formula is C22H28N2. The van der Waals surface area contributed by atoms with E-state index in [0.717, 1.165) is 26.1 Å². The molecule has 0 aromatic heterocycles. The van der Waals surface area contributed by atoms with Gasteiger partial charge in [0.05, 0.1) is 0 Å². The highest BCUT2D eigenvalue weighted by Crippen LogP contribution is 2.37. The van der Waals surface area contributed by atoms with Crippen LogP contribution in [0.4, 0.5) is 5.69 Å². The van der Waals surface area contributed by atoms with Gasteiger partial charge < -0.3 is 10.6 Å². The van der Waals surface area contributed by atoms with Crippen LogP contribution in [0.2, 0.25) is 0 Å². The zero-order chi connectivity index (χ0) is 16.7. The summed E-state index contributed by atoms with van der Waals surface area (Å²) in [7, 11) is 0. The average Bonchev–Trinajstić information content (AvgIpc) is 3.23. The third-order valence-electron chi connectivity index (χ3n) is 5.72. The Balaban J connectivity index is 1.65. The molecule has 126 valence electrons. The third kappa shape index (κ3) is 2.63. The molecule has 2 heteroatoms. The van der Waals surface area contributed by atoms with E-state index in [-0.39, 0.29) is 0 Å². The number of fused-ring (bicyclic) bond motifs is 2. The summed E-state index contributed by atoms with van der Waals surface area (Å²) in [5.41, 5.74) is 10.6. The first kappa shape index (κ1) is 15.7. The van der Waals surface area contributed by atoms with E-state index in [1.165, 1.54) is 39.9 Å². The Morgan fingerprint density at radius 3 is 2.67 bits per heavy atom. The summed E-state index contributed by atoms with van der Waals surface area (Å²) >= 11 is 0. The van der Waals surface area contributed by atoms with Gasteiger partial charge >= 0.3 is 0 Å². The Labute approximate surface area is 145 Å². The van der Waals surface area contributed by atoms with Crippen LogP contribution in [-0.2, 0) is 25.9 Å². The lowest BCUT2D eigenvalue weighted by Crippen LogP contribution is -2.06. The van der Waals surface area contributed by atoms with Gasteiger partial charge in [0, 0.05) is 25.3 Å². The maximum absolute atomic E-state index is 3.66. The molecule has 1 atom stereocenters. The van der Waals surface area contributed by atoms with Crippen molar-refractivity contribution in [1.29, 1.82) is 0 Å². The van der Waals surface area contributed by atoms with Gasteiger partial charge in [0.2, 0.25) is 0 Å². The predicted molar refractivity (Wildman–Crippen MR) is 102 cm³/mol. The fourth-order valence-electron chi connectivity index (χ4n) is 4.48. The highest BCUT2D eigenvalue weighted by Gasteiger charge is 2.22. The zero-order valence-corrected chi connectivity index (χ0v) is 15.1. The third-order valence-corrected chi connectivity index (χ3v) is 5.72. The minimum Gasteiger partial charge on any atom is -0.384 e. The molecule has 4 rings (SSSR count). The van der Waals surface area contributed by atoms with Crippen molar-refractivity contribution in [2.45, 2.75) is 58.5 Å².